The number of benzene rings is 1. The van der Waals surface area contributed by atoms with E-state index >= 15 is 0 Å². The van der Waals surface area contributed by atoms with E-state index in [0.717, 1.165) is 29.3 Å². The first-order valence-electron chi connectivity index (χ1n) is 5.90. The van der Waals surface area contributed by atoms with Crippen molar-refractivity contribution in [2.75, 3.05) is 27.2 Å². The van der Waals surface area contributed by atoms with Crippen LogP contribution in [0.15, 0.2) is 29.8 Å². The van der Waals surface area contributed by atoms with Gasteiger partial charge >= 0.3 is 0 Å². The molecule has 18 heavy (non-hydrogen) atoms. The topological polar surface area (TPSA) is 38.2 Å². The van der Waals surface area contributed by atoms with Gasteiger partial charge in [0.25, 0.3) is 0 Å². The van der Waals surface area contributed by atoms with Crippen molar-refractivity contribution in [1.29, 1.82) is 0 Å². The third-order valence-corrected chi connectivity index (χ3v) is 3.21. The van der Waals surface area contributed by atoms with Crippen LogP contribution >= 0.6 is 11.3 Å². The molecule has 0 saturated carbocycles. The highest BCUT2D eigenvalue weighted by Gasteiger charge is 2.08. The molecule has 0 unspecified atom stereocenters. The summed E-state index contributed by atoms with van der Waals surface area (Å²) in [4.78, 5) is 2.15. The Balaban J connectivity index is 2.00. The summed E-state index contributed by atoms with van der Waals surface area (Å²) in [6, 6.07) is 7.96. The van der Waals surface area contributed by atoms with Gasteiger partial charge in [0.15, 0.2) is 5.01 Å². The second kappa shape index (κ2) is 6.47. The van der Waals surface area contributed by atoms with Gasteiger partial charge in [-0.1, -0.05) is 23.5 Å². The number of aromatic nitrogens is 2. The van der Waals surface area contributed by atoms with Gasteiger partial charge in [-0.3, -0.25) is 0 Å². The van der Waals surface area contributed by atoms with Crippen LogP contribution in [0.2, 0.25) is 0 Å². The van der Waals surface area contributed by atoms with Crippen LogP contribution in [0, 0.1) is 0 Å². The molecular formula is C13H17N3OS. The van der Waals surface area contributed by atoms with Gasteiger partial charge in [-0.25, -0.2) is 0 Å². The van der Waals surface area contributed by atoms with Crippen molar-refractivity contribution in [2.24, 2.45) is 0 Å². The molecule has 5 heteroatoms. The standard InChI is InChI=1S/C13H17N3OS/c1-16(2)8-5-9-17-12-7-4-3-6-11(12)13-15-14-10-18-13/h3-4,6-7,10H,5,8-9H2,1-2H3. The number of hydrogen-bond donors (Lipinski definition) is 0. The van der Waals surface area contributed by atoms with E-state index in [0.29, 0.717) is 6.61 Å². The molecule has 0 aliphatic heterocycles. The molecule has 0 aliphatic rings. The van der Waals surface area contributed by atoms with Gasteiger partial charge in [-0.05, 0) is 32.6 Å². The molecule has 0 spiro atoms. The maximum Gasteiger partial charge on any atom is 0.151 e. The van der Waals surface area contributed by atoms with Crippen LogP contribution in [0.5, 0.6) is 5.75 Å². The van der Waals surface area contributed by atoms with Crippen molar-refractivity contribution >= 4 is 11.3 Å². The normalized spacial score (nSPS) is 10.8. The van der Waals surface area contributed by atoms with Gasteiger partial charge in [-0.15, -0.1) is 10.2 Å². The zero-order chi connectivity index (χ0) is 12.8. The molecule has 1 aromatic heterocycles. The number of nitrogens with zero attached hydrogens (tertiary/aromatic N) is 3. The van der Waals surface area contributed by atoms with Crippen molar-refractivity contribution in [3.8, 4) is 16.3 Å². The van der Waals surface area contributed by atoms with Crippen molar-refractivity contribution in [3.05, 3.63) is 29.8 Å². The lowest BCUT2D eigenvalue weighted by molar-refractivity contribution is 0.282. The fraction of sp³-hybridized carbons (Fsp3) is 0.385. The first kappa shape index (κ1) is 13.0. The lowest BCUT2D eigenvalue weighted by Gasteiger charge is -2.12. The summed E-state index contributed by atoms with van der Waals surface area (Å²) in [6.07, 6.45) is 1.01. The predicted molar refractivity (Wildman–Crippen MR) is 74.0 cm³/mol. The molecule has 0 saturated heterocycles. The highest BCUT2D eigenvalue weighted by molar-refractivity contribution is 7.12. The molecule has 0 atom stereocenters. The summed E-state index contributed by atoms with van der Waals surface area (Å²) in [6.45, 7) is 1.75. The third-order valence-electron chi connectivity index (χ3n) is 2.48. The van der Waals surface area contributed by atoms with Gasteiger partial charge < -0.3 is 9.64 Å². The second-order valence-electron chi connectivity index (χ2n) is 4.25. The summed E-state index contributed by atoms with van der Waals surface area (Å²) >= 11 is 1.52. The van der Waals surface area contributed by atoms with E-state index in [1.807, 2.05) is 24.3 Å². The summed E-state index contributed by atoms with van der Waals surface area (Å²) in [5, 5.41) is 8.85. The Morgan fingerprint density at radius 1 is 1.28 bits per heavy atom. The number of para-hydroxylation sites is 1. The molecule has 0 fully saturated rings. The smallest absolute Gasteiger partial charge is 0.151 e. The van der Waals surface area contributed by atoms with Gasteiger partial charge in [0.1, 0.15) is 11.3 Å². The Kier molecular flexibility index (Phi) is 4.66. The number of rotatable bonds is 6. The Bertz CT molecular complexity index is 471. The molecule has 2 aromatic rings. The first-order valence-corrected chi connectivity index (χ1v) is 6.78. The molecule has 0 bridgehead atoms. The van der Waals surface area contributed by atoms with E-state index < -0.39 is 0 Å². The lowest BCUT2D eigenvalue weighted by atomic mass is 10.2. The molecule has 96 valence electrons. The van der Waals surface area contributed by atoms with Crippen LogP contribution in [0.1, 0.15) is 6.42 Å². The molecule has 0 radical (unpaired) electrons. The first-order chi connectivity index (χ1) is 8.77. The van der Waals surface area contributed by atoms with Crippen molar-refractivity contribution in [1.82, 2.24) is 15.1 Å². The van der Waals surface area contributed by atoms with Gasteiger partial charge in [-0.2, -0.15) is 0 Å². The summed E-state index contributed by atoms with van der Waals surface area (Å²) in [5.41, 5.74) is 2.75. The summed E-state index contributed by atoms with van der Waals surface area (Å²) in [5.74, 6) is 0.882. The SMILES string of the molecule is CN(C)CCCOc1ccccc1-c1nncs1. The molecule has 2 rings (SSSR count). The van der Waals surface area contributed by atoms with Crippen LogP contribution in [-0.2, 0) is 0 Å². The quantitative estimate of drug-likeness (QED) is 0.751. The summed E-state index contributed by atoms with van der Waals surface area (Å²) in [7, 11) is 4.13. The fourth-order valence-electron chi connectivity index (χ4n) is 1.62. The van der Waals surface area contributed by atoms with Crippen LogP contribution in [0.25, 0.3) is 10.6 Å². The maximum absolute atomic E-state index is 5.82. The minimum absolute atomic E-state index is 0.716. The molecule has 0 N–H and O–H groups in total. The average molecular weight is 263 g/mol. The molecule has 4 nitrogen and oxygen atoms in total. The van der Waals surface area contributed by atoms with Crippen LogP contribution in [-0.4, -0.2) is 42.3 Å². The Morgan fingerprint density at radius 3 is 2.83 bits per heavy atom. The van der Waals surface area contributed by atoms with Crippen molar-refractivity contribution < 1.29 is 4.74 Å². The van der Waals surface area contributed by atoms with E-state index in [4.69, 9.17) is 4.74 Å². The van der Waals surface area contributed by atoms with Gasteiger partial charge in [0.05, 0.1) is 12.2 Å². The van der Waals surface area contributed by atoms with Gasteiger partial charge in [0, 0.05) is 6.54 Å². The van der Waals surface area contributed by atoms with Crippen molar-refractivity contribution in [2.45, 2.75) is 6.42 Å². The minimum atomic E-state index is 0.716. The number of hydrogen-bond acceptors (Lipinski definition) is 5. The molecule has 1 heterocycles. The third kappa shape index (κ3) is 3.51. The van der Waals surface area contributed by atoms with E-state index in [-0.39, 0.29) is 0 Å². The Hall–Kier alpha value is -1.46. The van der Waals surface area contributed by atoms with Crippen LogP contribution in [0.3, 0.4) is 0 Å². The molecule has 0 amide bonds. The van der Waals surface area contributed by atoms with E-state index in [2.05, 4.69) is 29.2 Å². The average Bonchev–Trinajstić information content (AvgIpc) is 2.88. The highest BCUT2D eigenvalue weighted by Crippen LogP contribution is 2.30. The number of ether oxygens (including phenoxy) is 1. The largest absolute Gasteiger partial charge is 0.493 e. The van der Waals surface area contributed by atoms with Crippen LogP contribution in [0.4, 0.5) is 0 Å². The lowest BCUT2D eigenvalue weighted by Crippen LogP contribution is -2.15. The van der Waals surface area contributed by atoms with E-state index in [1.165, 1.54) is 11.3 Å². The second-order valence-corrected chi connectivity index (χ2v) is 5.08. The highest BCUT2D eigenvalue weighted by atomic mass is 32.1. The minimum Gasteiger partial charge on any atom is -0.493 e. The van der Waals surface area contributed by atoms with Crippen molar-refractivity contribution in [3.63, 3.8) is 0 Å². The molecule has 0 aliphatic carbocycles. The fourth-order valence-corrected chi connectivity index (χ4v) is 2.21. The predicted octanol–water partition coefficient (Wildman–Crippen LogP) is 2.54. The van der Waals surface area contributed by atoms with E-state index in [1.54, 1.807) is 5.51 Å². The van der Waals surface area contributed by atoms with Gasteiger partial charge in [0.2, 0.25) is 0 Å². The summed E-state index contributed by atoms with van der Waals surface area (Å²) < 4.78 is 5.82. The van der Waals surface area contributed by atoms with Crippen LogP contribution < -0.4 is 4.74 Å². The van der Waals surface area contributed by atoms with E-state index in [9.17, 15) is 0 Å². The monoisotopic (exact) mass is 263 g/mol. The Labute approximate surface area is 111 Å². The Morgan fingerprint density at radius 2 is 2.11 bits per heavy atom. The molecular weight excluding hydrogens is 246 g/mol. The zero-order valence-electron chi connectivity index (χ0n) is 10.7. The zero-order valence-corrected chi connectivity index (χ0v) is 11.5. The maximum atomic E-state index is 5.82. The molecule has 1 aromatic carbocycles.